The first-order valence-corrected chi connectivity index (χ1v) is 10.6. The zero-order valence-electron chi connectivity index (χ0n) is 16.7. The maximum absolute atomic E-state index is 14.2. The monoisotopic (exact) mass is 398 g/mol. The van der Waals surface area contributed by atoms with Gasteiger partial charge in [-0.15, -0.1) is 0 Å². The van der Waals surface area contributed by atoms with Crippen molar-refractivity contribution in [3.8, 4) is 0 Å². The van der Waals surface area contributed by atoms with E-state index in [1.54, 1.807) is 11.8 Å². The molecule has 0 bridgehead atoms. The smallest absolute Gasteiger partial charge is 0.284 e. The molecule has 2 aliphatic rings. The molecular weight excluding hydrogens is 376 g/mol. The third-order valence-electron chi connectivity index (χ3n) is 5.53. The average molecular weight is 399 g/mol. The fraction of sp³-hybridized carbons (Fsp3) is 0.160. The number of hydrogen-bond donors (Lipinski definition) is 0. The molecule has 2 aliphatic heterocycles. The highest BCUT2D eigenvalue weighted by Gasteiger charge is 2.40. The van der Waals surface area contributed by atoms with Crippen LogP contribution < -0.4 is 9.80 Å². The van der Waals surface area contributed by atoms with E-state index in [1.807, 2.05) is 64.4 Å². The predicted molar refractivity (Wildman–Crippen MR) is 121 cm³/mol. The quantitative estimate of drug-likeness (QED) is 0.403. The molecule has 3 aromatic carbocycles. The zero-order valence-corrected chi connectivity index (χ0v) is 17.5. The molecule has 3 aromatic rings. The fourth-order valence-electron chi connectivity index (χ4n) is 4.34. The maximum Gasteiger partial charge on any atom is 0.334 e. The highest BCUT2D eigenvalue weighted by molar-refractivity contribution is 7.99. The van der Waals surface area contributed by atoms with Crippen molar-refractivity contribution in [3.63, 3.8) is 0 Å². The molecule has 0 atom stereocenters. The molecule has 29 heavy (non-hydrogen) atoms. The van der Waals surface area contributed by atoms with Crippen LogP contribution in [0.25, 0.3) is 5.57 Å². The number of urea groups is 1. The highest BCUT2D eigenvalue weighted by atomic mass is 32.2. The van der Waals surface area contributed by atoms with Crippen LogP contribution in [0.4, 0.5) is 21.9 Å². The number of fused-ring (bicyclic) bond motifs is 3. The van der Waals surface area contributed by atoms with Gasteiger partial charge in [0.05, 0.1) is 22.6 Å². The summed E-state index contributed by atoms with van der Waals surface area (Å²) in [6.45, 7) is 6.31. The lowest BCUT2D eigenvalue weighted by molar-refractivity contribution is 0.249. The van der Waals surface area contributed by atoms with Gasteiger partial charge in [-0.25, -0.2) is 4.79 Å². The summed E-state index contributed by atoms with van der Waals surface area (Å²) in [6.07, 6.45) is 2.18. The summed E-state index contributed by atoms with van der Waals surface area (Å²) in [5.74, 6) is 0. The molecule has 3 nitrogen and oxygen atoms in total. The van der Waals surface area contributed by atoms with E-state index in [-0.39, 0.29) is 6.03 Å². The zero-order chi connectivity index (χ0) is 20.2. The Morgan fingerprint density at radius 1 is 0.793 bits per heavy atom. The van der Waals surface area contributed by atoms with Crippen molar-refractivity contribution in [1.82, 2.24) is 0 Å². The minimum Gasteiger partial charge on any atom is -0.284 e. The molecule has 0 fully saturated rings. The van der Waals surface area contributed by atoms with Gasteiger partial charge in [-0.1, -0.05) is 60.3 Å². The van der Waals surface area contributed by atoms with Gasteiger partial charge in [0.15, 0.2) is 0 Å². The van der Waals surface area contributed by atoms with Gasteiger partial charge in [0.25, 0.3) is 0 Å². The minimum absolute atomic E-state index is 0.0357. The average Bonchev–Trinajstić information content (AvgIpc) is 2.71. The van der Waals surface area contributed by atoms with Crippen LogP contribution in [-0.4, -0.2) is 11.6 Å². The van der Waals surface area contributed by atoms with Gasteiger partial charge in [-0.3, -0.25) is 9.80 Å². The molecule has 144 valence electrons. The van der Waals surface area contributed by atoms with Crippen LogP contribution in [0.15, 0.2) is 88.7 Å². The number of allylic oxidation sites excluding steroid dienone is 1. The van der Waals surface area contributed by atoms with E-state index in [9.17, 15) is 4.79 Å². The van der Waals surface area contributed by atoms with E-state index in [4.69, 9.17) is 0 Å². The summed E-state index contributed by atoms with van der Waals surface area (Å²) in [4.78, 5) is 20.2. The Labute approximate surface area is 175 Å². The van der Waals surface area contributed by atoms with Gasteiger partial charge in [0.2, 0.25) is 0 Å². The summed E-state index contributed by atoms with van der Waals surface area (Å²) >= 11 is 1.71. The second-order valence-electron chi connectivity index (χ2n) is 7.99. The molecule has 0 saturated heterocycles. The van der Waals surface area contributed by atoms with E-state index in [2.05, 4.69) is 45.0 Å². The largest absolute Gasteiger partial charge is 0.334 e. The number of hydrogen-bond acceptors (Lipinski definition) is 2. The van der Waals surface area contributed by atoms with Gasteiger partial charge >= 0.3 is 6.03 Å². The van der Waals surface area contributed by atoms with Crippen molar-refractivity contribution in [2.45, 2.75) is 36.1 Å². The third-order valence-corrected chi connectivity index (χ3v) is 6.66. The number of para-hydroxylation sites is 3. The predicted octanol–water partition coefficient (Wildman–Crippen LogP) is 7.11. The maximum atomic E-state index is 14.2. The molecular formula is C25H22N2OS. The van der Waals surface area contributed by atoms with Crippen LogP contribution in [0, 0.1) is 0 Å². The number of amides is 2. The van der Waals surface area contributed by atoms with Gasteiger partial charge in [0.1, 0.15) is 0 Å². The number of carbonyl (C=O) groups is 1. The fourth-order valence-corrected chi connectivity index (χ4v) is 5.40. The number of carbonyl (C=O) groups excluding carboxylic acids is 1. The summed E-state index contributed by atoms with van der Waals surface area (Å²) in [5.41, 5.74) is 4.68. The molecule has 0 saturated carbocycles. The lowest BCUT2D eigenvalue weighted by Crippen LogP contribution is -2.53. The Balaban J connectivity index is 1.71. The van der Waals surface area contributed by atoms with Crippen molar-refractivity contribution in [1.29, 1.82) is 0 Å². The van der Waals surface area contributed by atoms with Crippen molar-refractivity contribution < 1.29 is 4.79 Å². The van der Waals surface area contributed by atoms with Crippen molar-refractivity contribution in [3.05, 3.63) is 84.4 Å². The normalized spacial score (nSPS) is 16.4. The highest BCUT2D eigenvalue weighted by Crippen LogP contribution is 2.49. The number of rotatable bonds is 0. The Morgan fingerprint density at radius 2 is 1.31 bits per heavy atom. The number of benzene rings is 3. The summed E-state index contributed by atoms with van der Waals surface area (Å²) in [7, 11) is 0. The summed E-state index contributed by atoms with van der Waals surface area (Å²) in [6, 6.07) is 24.4. The van der Waals surface area contributed by atoms with Gasteiger partial charge in [-0.05, 0) is 56.7 Å². The first kappa shape index (κ1) is 18.1. The standard InChI is InChI=1S/C25H22N2OS/c1-17-16-25(2,3)27(19-11-5-4-10-18(17)19)24(28)26-20-12-6-8-14-22(20)29-23-15-9-7-13-21(23)26/h4-16H,1-3H3. The SMILES string of the molecule is CC1=CC(C)(C)N(C(=O)N2c3ccccc3Sc3ccccc32)c2ccccc21. The Morgan fingerprint density at radius 3 is 1.93 bits per heavy atom. The lowest BCUT2D eigenvalue weighted by Gasteiger charge is -2.44. The molecule has 0 aliphatic carbocycles. The molecule has 5 rings (SSSR count). The van der Waals surface area contributed by atoms with Crippen LogP contribution >= 0.6 is 11.8 Å². The first-order chi connectivity index (χ1) is 14.0. The molecule has 0 unspecified atom stereocenters. The second-order valence-corrected chi connectivity index (χ2v) is 9.07. The molecule has 0 N–H and O–H groups in total. The van der Waals surface area contributed by atoms with Crippen LogP contribution in [0.5, 0.6) is 0 Å². The minimum atomic E-state index is -0.440. The topological polar surface area (TPSA) is 23.6 Å². The summed E-state index contributed by atoms with van der Waals surface area (Å²) < 4.78 is 0. The van der Waals surface area contributed by atoms with E-state index < -0.39 is 5.54 Å². The molecule has 4 heteroatoms. The van der Waals surface area contributed by atoms with E-state index in [1.165, 1.54) is 5.57 Å². The van der Waals surface area contributed by atoms with Crippen LogP contribution in [-0.2, 0) is 0 Å². The third kappa shape index (κ3) is 2.78. The molecule has 2 heterocycles. The lowest BCUT2D eigenvalue weighted by atomic mass is 9.89. The Bertz CT molecular complexity index is 1120. The van der Waals surface area contributed by atoms with Crippen LogP contribution in [0.2, 0.25) is 0 Å². The van der Waals surface area contributed by atoms with Crippen molar-refractivity contribution >= 4 is 40.4 Å². The van der Waals surface area contributed by atoms with Crippen molar-refractivity contribution in [2.75, 3.05) is 9.80 Å². The van der Waals surface area contributed by atoms with Crippen LogP contribution in [0.1, 0.15) is 26.3 Å². The van der Waals surface area contributed by atoms with Crippen LogP contribution in [0.3, 0.4) is 0 Å². The molecule has 0 spiro atoms. The summed E-state index contributed by atoms with van der Waals surface area (Å²) in [5, 5.41) is 0. The van der Waals surface area contributed by atoms with E-state index in [0.29, 0.717) is 0 Å². The van der Waals surface area contributed by atoms with E-state index >= 15 is 0 Å². The Kier molecular flexibility index (Phi) is 4.07. The number of nitrogens with zero attached hydrogens (tertiary/aromatic N) is 2. The van der Waals surface area contributed by atoms with Gasteiger partial charge in [0, 0.05) is 15.4 Å². The molecule has 2 amide bonds. The molecule has 0 aromatic heterocycles. The molecule has 0 radical (unpaired) electrons. The first-order valence-electron chi connectivity index (χ1n) is 9.76. The van der Waals surface area contributed by atoms with Gasteiger partial charge in [-0.2, -0.15) is 0 Å². The van der Waals surface area contributed by atoms with Crippen molar-refractivity contribution in [2.24, 2.45) is 0 Å². The van der Waals surface area contributed by atoms with Gasteiger partial charge < -0.3 is 0 Å². The Hall–Kier alpha value is -2.98. The number of anilines is 3. The van der Waals surface area contributed by atoms with E-state index in [0.717, 1.165) is 32.4 Å². The second kappa shape index (κ2) is 6.53.